The van der Waals surface area contributed by atoms with Crippen LogP contribution in [0, 0.1) is 5.41 Å². The zero-order chi connectivity index (χ0) is 13.8. The third-order valence-corrected chi connectivity index (χ3v) is 4.53. The summed E-state index contributed by atoms with van der Waals surface area (Å²) >= 11 is 2.02. The number of carbonyl (C=O) groups is 1. The second-order valence-electron chi connectivity index (χ2n) is 7.08. The summed E-state index contributed by atoms with van der Waals surface area (Å²) in [5.74, 6) is 2.55. The van der Waals surface area contributed by atoms with Crippen molar-refractivity contribution in [3.63, 3.8) is 0 Å². The first-order valence-electron chi connectivity index (χ1n) is 6.80. The van der Waals surface area contributed by atoms with Crippen LogP contribution in [0.4, 0.5) is 0 Å². The number of rotatable bonds is 4. The Kier molecular flexibility index (Phi) is 5.53. The maximum absolute atomic E-state index is 11.7. The zero-order valence-electron chi connectivity index (χ0n) is 12.4. The summed E-state index contributed by atoms with van der Waals surface area (Å²) in [7, 11) is 0. The molecule has 2 N–H and O–H groups in total. The number of nitrogens with one attached hydrogen (secondary N) is 2. The van der Waals surface area contributed by atoms with Crippen LogP contribution < -0.4 is 10.6 Å². The van der Waals surface area contributed by atoms with Gasteiger partial charge in [-0.3, -0.25) is 4.79 Å². The SMILES string of the molecule is CC1(C)CSCC(NCCC(=O)NC(C)(C)C)C1. The van der Waals surface area contributed by atoms with Gasteiger partial charge in [0.15, 0.2) is 0 Å². The Labute approximate surface area is 116 Å². The van der Waals surface area contributed by atoms with Gasteiger partial charge < -0.3 is 10.6 Å². The van der Waals surface area contributed by atoms with Gasteiger partial charge in [0.05, 0.1) is 0 Å². The molecule has 0 saturated carbocycles. The maximum Gasteiger partial charge on any atom is 0.221 e. The van der Waals surface area contributed by atoms with Gasteiger partial charge >= 0.3 is 0 Å². The van der Waals surface area contributed by atoms with E-state index in [1.165, 1.54) is 17.9 Å². The Morgan fingerprint density at radius 1 is 1.39 bits per heavy atom. The normalized spacial score (nSPS) is 23.7. The fourth-order valence-corrected chi connectivity index (χ4v) is 3.57. The van der Waals surface area contributed by atoms with Crippen molar-refractivity contribution in [2.45, 2.75) is 59.0 Å². The minimum atomic E-state index is -0.125. The van der Waals surface area contributed by atoms with Crippen LogP contribution in [-0.4, -0.2) is 35.5 Å². The van der Waals surface area contributed by atoms with Crippen molar-refractivity contribution >= 4 is 17.7 Å². The van der Waals surface area contributed by atoms with Gasteiger partial charge in [0.2, 0.25) is 5.91 Å². The Morgan fingerprint density at radius 2 is 2.06 bits per heavy atom. The molecule has 3 nitrogen and oxygen atoms in total. The molecular formula is C14H28N2OS. The lowest BCUT2D eigenvalue weighted by Crippen LogP contribution is -2.44. The molecule has 0 spiro atoms. The topological polar surface area (TPSA) is 41.1 Å². The van der Waals surface area contributed by atoms with Gasteiger partial charge in [-0.25, -0.2) is 0 Å². The van der Waals surface area contributed by atoms with E-state index in [9.17, 15) is 4.79 Å². The molecule has 1 saturated heterocycles. The van der Waals surface area contributed by atoms with Crippen LogP contribution >= 0.6 is 11.8 Å². The molecule has 1 fully saturated rings. The van der Waals surface area contributed by atoms with Crippen molar-refractivity contribution in [2.75, 3.05) is 18.1 Å². The second kappa shape index (κ2) is 6.29. The molecule has 1 aliphatic rings. The van der Waals surface area contributed by atoms with Crippen LogP contribution in [0.1, 0.15) is 47.5 Å². The predicted octanol–water partition coefficient (Wildman–Crippen LogP) is 2.41. The van der Waals surface area contributed by atoms with E-state index in [-0.39, 0.29) is 11.4 Å². The molecule has 0 aromatic heterocycles. The largest absolute Gasteiger partial charge is 0.351 e. The summed E-state index contributed by atoms with van der Waals surface area (Å²) in [6.07, 6.45) is 1.78. The average molecular weight is 272 g/mol. The number of amides is 1. The van der Waals surface area contributed by atoms with Gasteiger partial charge in [0, 0.05) is 30.3 Å². The fraction of sp³-hybridized carbons (Fsp3) is 0.929. The van der Waals surface area contributed by atoms with E-state index in [0.717, 1.165) is 6.54 Å². The van der Waals surface area contributed by atoms with Gasteiger partial charge in [-0.05, 0) is 38.4 Å². The zero-order valence-corrected chi connectivity index (χ0v) is 13.2. The minimum Gasteiger partial charge on any atom is -0.351 e. The standard InChI is InChI=1S/C14H28N2OS/c1-13(2,3)16-12(17)6-7-15-11-8-14(4,5)10-18-9-11/h11,15H,6-10H2,1-5H3,(H,16,17). The molecule has 0 aliphatic carbocycles. The van der Waals surface area contributed by atoms with Gasteiger partial charge in [0.25, 0.3) is 0 Å². The first-order valence-corrected chi connectivity index (χ1v) is 7.96. The molecule has 106 valence electrons. The Hall–Kier alpha value is -0.220. The van der Waals surface area contributed by atoms with Crippen LogP contribution in [0.25, 0.3) is 0 Å². The van der Waals surface area contributed by atoms with E-state index < -0.39 is 0 Å². The lowest BCUT2D eigenvalue weighted by Gasteiger charge is -2.35. The van der Waals surface area contributed by atoms with Crippen molar-refractivity contribution in [1.29, 1.82) is 0 Å². The van der Waals surface area contributed by atoms with Crippen molar-refractivity contribution in [2.24, 2.45) is 5.41 Å². The highest BCUT2D eigenvalue weighted by atomic mass is 32.2. The lowest BCUT2D eigenvalue weighted by molar-refractivity contribution is -0.122. The van der Waals surface area contributed by atoms with Gasteiger partial charge in [-0.1, -0.05) is 13.8 Å². The quantitative estimate of drug-likeness (QED) is 0.826. The smallest absolute Gasteiger partial charge is 0.221 e. The summed E-state index contributed by atoms with van der Waals surface area (Å²) < 4.78 is 0. The monoisotopic (exact) mass is 272 g/mol. The van der Waals surface area contributed by atoms with Crippen molar-refractivity contribution in [3.8, 4) is 0 Å². The first-order chi connectivity index (χ1) is 8.18. The molecule has 1 aliphatic heterocycles. The molecule has 1 rings (SSSR count). The second-order valence-corrected chi connectivity index (χ2v) is 8.11. The van der Waals surface area contributed by atoms with Crippen molar-refractivity contribution in [1.82, 2.24) is 10.6 Å². The Morgan fingerprint density at radius 3 is 2.61 bits per heavy atom. The van der Waals surface area contributed by atoms with E-state index in [0.29, 0.717) is 17.9 Å². The van der Waals surface area contributed by atoms with E-state index in [4.69, 9.17) is 0 Å². The molecule has 4 heteroatoms. The molecule has 1 heterocycles. The molecule has 0 aromatic rings. The minimum absolute atomic E-state index is 0.125. The Balaban J connectivity index is 2.20. The molecule has 0 radical (unpaired) electrons. The van der Waals surface area contributed by atoms with Crippen molar-refractivity contribution in [3.05, 3.63) is 0 Å². The van der Waals surface area contributed by atoms with Crippen LogP contribution in [0.2, 0.25) is 0 Å². The number of hydrogen-bond acceptors (Lipinski definition) is 3. The molecule has 1 atom stereocenters. The van der Waals surface area contributed by atoms with E-state index in [1.807, 2.05) is 32.5 Å². The molecule has 1 amide bonds. The third kappa shape index (κ3) is 6.64. The highest BCUT2D eigenvalue weighted by Gasteiger charge is 2.28. The van der Waals surface area contributed by atoms with E-state index >= 15 is 0 Å². The lowest BCUT2D eigenvalue weighted by atomic mass is 9.88. The Bertz CT molecular complexity index is 284. The summed E-state index contributed by atoms with van der Waals surface area (Å²) in [5.41, 5.74) is 0.300. The molecule has 18 heavy (non-hydrogen) atoms. The summed E-state index contributed by atoms with van der Waals surface area (Å²) in [6, 6.07) is 0.557. The molecule has 1 unspecified atom stereocenters. The summed E-state index contributed by atoms with van der Waals surface area (Å²) in [6.45, 7) is 11.5. The van der Waals surface area contributed by atoms with Crippen LogP contribution in [-0.2, 0) is 4.79 Å². The highest BCUT2D eigenvalue weighted by Crippen LogP contribution is 2.33. The summed E-state index contributed by atoms with van der Waals surface area (Å²) in [5, 5.41) is 6.50. The van der Waals surface area contributed by atoms with E-state index in [2.05, 4.69) is 24.5 Å². The van der Waals surface area contributed by atoms with Gasteiger partial charge in [-0.15, -0.1) is 0 Å². The van der Waals surface area contributed by atoms with Gasteiger partial charge in [0.1, 0.15) is 0 Å². The molecular weight excluding hydrogens is 244 g/mol. The fourth-order valence-electron chi connectivity index (χ4n) is 2.26. The molecule has 0 aromatic carbocycles. The third-order valence-electron chi connectivity index (χ3n) is 2.91. The van der Waals surface area contributed by atoms with Crippen LogP contribution in [0.5, 0.6) is 0 Å². The predicted molar refractivity (Wildman–Crippen MR) is 80.0 cm³/mol. The van der Waals surface area contributed by atoms with Gasteiger partial charge in [-0.2, -0.15) is 11.8 Å². The maximum atomic E-state index is 11.7. The number of carbonyl (C=O) groups excluding carboxylic acids is 1. The molecule has 0 bridgehead atoms. The first kappa shape index (κ1) is 15.8. The highest BCUT2D eigenvalue weighted by molar-refractivity contribution is 7.99. The van der Waals surface area contributed by atoms with Crippen LogP contribution in [0.3, 0.4) is 0 Å². The van der Waals surface area contributed by atoms with E-state index in [1.54, 1.807) is 0 Å². The number of thioether (sulfide) groups is 1. The number of hydrogen-bond donors (Lipinski definition) is 2. The average Bonchev–Trinajstić information content (AvgIpc) is 2.12. The van der Waals surface area contributed by atoms with Crippen LogP contribution in [0.15, 0.2) is 0 Å². The summed E-state index contributed by atoms with van der Waals surface area (Å²) in [4.78, 5) is 11.7. The van der Waals surface area contributed by atoms with Crippen molar-refractivity contribution < 1.29 is 4.79 Å².